The maximum Gasteiger partial charge on any atom is 0.103 e. The van der Waals surface area contributed by atoms with Crippen LogP contribution in [0.3, 0.4) is 0 Å². The van der Waals surface area contributed by atoms with Crippen molar-refractivity contribution in [2.45, 2.75) is 12.5 Å². The van der Waals surface area contributed by atoms with Crippen LogP contribution in [0, 0.1) is 17.2 Å². The van der Waals surface area contributed by atoms with Gasteiger partial charge in [0.2, 0.25) is 0 Å². The van der Waals surface area contributed by atoms with Gasteiger partial charge in [-0.2, -0.15) is 17.0 Å². The molecule has 2 rings (SSSR count). The zero-order valence-corrected chi connectivity index (χ0v) is 9.42. The molecule has 1 aromatic carbocycles. The number of hydrogen-bond acceptors (Lipinski definition) is 3. The highest BCUT2D eigenvalue weighted by molar-refractivity contribution is 7.99. The average Bonchev–Trinajstić information content (AvgIpc) is 2.60. The summed E-state index contributed by atoms with van der Waals surface area (Å²) in [5.41, 5.74) is 0.552. The van der Waals surface area contributed by atoms with E-state index in [4.69, 9.17) is 5.26 Å². The van der Waals surface area contributed by atoms with Crippen LogP contribution in [-0.4, -0.2) is 16.6 Å². The van der Waals surface area contributed by atoms with Crippen molar-refractivity contribution in [1.82, 2.24) is 0 Å². The van der Waals surface area contributed by atoms with E-state index >= 15 is 0 Å². The average molecular weight is 219 g/mol. The predicted molar refractivity (Wildman–Crippen MR) is 61.5 cm³/mol. The lowest BCUT2D eigenvalue weighted by Gasteiger charge is -2.28. The standard InChI is InChI=1S/C12H13NOS/c1-9-7-15-8-12(9,14)11-5-3-2-4-10(11)6-13/h2-5,9,14H,7-8H2,1H3/t9-,12-/m1/s1. The summed E-state index contributed by atoms with van der Waals surface area (Å²) < 4.78 is 0. The minimum absolute atomic E-state index is 0.206. The third-order valence-electron chi connectivity index (χ3n) is 3.02. The molecule has 3 heteroatoms. The summed E-state index contributed by atoms with van der Waals surface area (Å²) in [5.74, 6) is 1.85. The quantitative estimate of drug-likeness (QED) is 0.787. The van der Waals surface area contributed by atoms with E-state index in [1.807, 2.05) is 25.1 Å². The molecule has 78 valence electrons. The number of nitriles is 1. The lowest BCUT2D eigenvalue weighted by Crippen LogP contribution is -2.33. The van der Waals surface area contributed by atoms with Crippen LogP contribution >= 0.6 is 11.8 Å². The lowest BCUT2D eigenvalue weighted by atomic mass is 9.83. The molecule has 2 atom stereocenters. The van der Waals surface area contributed by atoms with Crippen molar-refractivity contribution >= 4 is 11.8 Å². The molecule has 0 unspecified atom stereocenters. The van der Waals surface area contributed by atoms with Gasteiger partial charge in [-0.05, 0) is 17.7 Å². The third kappa shape index (κ3) is 1.64. The topological polar surface area (TPSA) is 44.0 Å². The Hall–Kier alpha value is -0.980. The van der Waals surface area contributed by atoms with Gasteiger partial charge < -0.3 is 5.11 Å². The second kappa shape index (κ2) is 3.88. The summed E-state index contributed by atoms with van der Waals surface area (Å²) in [6.45, 7) is 2.04. The van der Waals surface area contributed by atoms with Gasteiger partial charge in [-0.1, -0.05) is 25.1 Å². The van der Waals surface area contributed by atoms with Crippen molar-refractivity contribution in [3.05, 3.63) is 35.4 Å². The first-order valence-electron chi connectivity index (χ1n) is 4.98. The first-order chi connectivity index (χ1) is 7.18. The summed E-state index contributed by atoms with van der Waals surface area (Å²) in [7, 11) is 0. The molecule has 1 aliphatic rings. The molecule has 0 aliphatic carbocycles. The number of benzene rings is 1. The molecule has 0 spiro atoms. The summed E-state index contributed by atoms with van der Waals surface area (Å²) >= 11 is 1.74. The summed E-state index contributed by atoms with van der Waals surface area (Å²) in [6.07, 6.45) is 0. The predicted octanol–water partition coefficient (Wildman–Crippen LogP) is 2.13. The van der Waals surface area contributed by atoms with E-state index < -0.39 is 5.60 Å². The molecule has 1 N–H and O–H groups in total. The largest absolute Gasteiger partial charge is 0.384 e. The van der Waals surface area contributed by atoms with E-state index in [-0.39, 0.29) is 5.92 Å². The summed E-state index contributed by atoms with van der Waals surface area (Å²) in [5, 5.41) is 19.6. The van der Waals surface area contributed by atoms with Crippen LogP contribution in [0.15, 0.2) is 24.3 Å². The Balaban J connectivity index is 2.49. The summed E-state index contributed by atoms with van der Waals surface area (Å²) in [6, 6.07) is 9.49. The molecule has 1 fully saturated rings. The minimum atomic E-state index is -0.822. The zero-order chi connectivity index (χ0) is 10.9. The maximum absolute atomic E-state index is 10.6. The molecule has 15 heavy (non-hydrogen) atoms. The highest BCUT2D eigenvalue weighted by Crippen LogP contribution is 2.42. The summed E-state index contributed by atoms with van der Waals surface area (Å²) in [4.78, 5) is 0. The van der Waals surface area contributed by atoms with E-state index in [9.17, 15) is 5.11 Å². The van der Waals surface area contributed by atoms with Gasteiger partial charge in [-0.3, -0.25) is 0 Å². The molecular weight excluding hydrogens is 206 g/mol. The monoisotopic (exact) mass is 219 g/mol. The van der Waals surface area contributed by atoms with Crippen LogP contribution in [0.5, 0.6) is 0 Å². The molecule has 2 nitrogen and oxygen atoms in total. The first kappa shape index (κ1) is 10.5. The molecule has 0 aromatic heterocycles. The Labute approximate surface area is 93.9 Å². The van der Waals surface area contributed by atoms with Crippen molar-refractivity contribution in [2.24, 2.45) is 5.92 Å². The van der Waals surface area contributed by atoms with E-state index in [0.29, 0.717) is 11.3 Å². The van der Waals surface area contributed by atoms with Crippen LogP contribution in [0.25, 0.3) is 0 Å². The van der Waals surface area contributed by atoms with Crippen molar-refractivity contribution in [3.8, 4) is 6.07 Å². The number of thioether (sulfide) groups is 1. The van der Waals surface area contributed by atoms with E-state index in [1.54, 1.807) is 17.8 Å². The normalized spacial score (nSPS) is 30.1. The number of hydrogen-bond donors (Lipinski definition) is 1. The van der Waals surface area contributed by atoms with E-state index in [2.05, 4.69) is 6.07 Å². The highest BCUT2D eigenvalue weighted by atomic mass is 32.2. The second-order valence-electron chi connectivity index (χ2n) is 4.00. The van der Waals surface area contributed by atoms with Gasteiger partial charge in [-0.15, -0.1) is 0 Å². The Morgan fingerprint density at radius 1 is 1.53 bits per heavy atom. The molecule has 1 heterocycles. The van der Waals surface area contributed by atoms with E-state index in [0.717, 1.165) is 11.3 Å². The van der Waals surface area contributed by atoms with Crippen molar-refractivity contribution < 1.29 is 5.11 Å². The van der Waals surface area contributed by atoms with Gasteiger partial charge in [0.05, 0.1) is 11.6 Å². The van der Waals surface area contributed by atoms with Crippen molar-refractivity contribution in [1.29, 1.82) is 5.26 Å². The Kier molecular flexibility index (Phi) is 2.72. The SMILES string of the molecule is C[C@@H]1CSC[C@]1(O)c1ccccc1C#N. The van der Waals surface area contributed by atoms with Gasteiger partial charge in [-0.25, -0.2) is 0 Å². The molecular formula is C12H13NOS. The fourth-order valence-electron chi connectivity index (χ4n) is 1.97. The van der Waals surface area contributed by atoms with Crippen molar-refractivity contribution in [3.63, 3.8) is 0 Å². The number of nitrogens with zero attached hydrogens (tertiary/aromatic N) is 1. The molecule has 0 saturated carbocycles. The van der Waals surface area contributed by atoms with Crippen LogP contribution in [0.1, 0.15) is 18.1 Å². The van der Waals surface area contributed by atoms with Crippen LogP contribution < -0.4 is 0 Å². The van der Waals surface area contributed by atoms with Crippen LogP contribution in [0.4, 0.5) is 0 Å². The number of aliphatic hydroxyl groups is 1. The third-order valence-corrected chi connectivity index (χ3v) is 4.40. The molecule has 0 bridgehead atoms. The smallest absolute Gasteiger partial charge is 0.103 e. The first-order valence-corrected chi connectivity index (χ1v) is 6.13. The Morgan fingerprint density at radius 3 is 2.87 bits per heavy atom. The van der Waals surface area contributed by atoms with E-state index in [1.165, 1.54) is 0 Å². The maximum atomic E-state index is 10.6. The van der Waals surface area contributed by atoms with Gasteiger partial charge in [0.25, 0.3) is 0 Å². The minimum Gasteiger partial charge on any atom is -0.384 e. The highest BCUT2D eigenvalue weighted by Gasteiger charge is 2.41. The zero-order valence-electron chi connectivity index (χ0n) is 8.60. The number of rotatable bonds is 1. The Morgan fingerprint density at radius 2 is 2.27 bits per heavy atom. The Bertz CT molecular complexity index is 412. The van der Waals surface area contributed by atoms with Crippen LogP contribution in [0.2, 0.25) is 0 Å². The van der Waals surface area contributed by atoms with Crippen molar-refractivity contribution in [2.75, 3.05) is 11.5 Å². The lowest BCUT2D eigenvalue weighted by molar-refractivity contribution is 0.0232. The molecule has 0 amide bonds. The van der Waals surface area contributed by atoms with Gasteiger partial charge >= 0.3 is 0 Å². The van der Waals surface area contributed by atoms with Gasteiger partial charge in [0.15, 0.2) is 0 Å². The molecule has 1 saturated heterocycles. The van der Waals surface area contributed by atoms with Gasteiger partial charge in [0.1, 0.15) is 5.60 Å². The second-order valence-corrected chi connectivity index (χ2v) is 5.03. The molecule has 1 aromatic rings. The van der Waals surface area contributed by atoms with Gasteiger partial charge in [0, 0.05) is 11.3 Å². The van der Waals surface area contributed by atoms with Crippen LogP contribution in [-0.2, 0) is 5.60 Å². The fraction of sp³-hybridized carbons (Fsp3) is 0.417. The molecule has 0 radical (unpaired) electrons. The fourth-order valence-corrected chi connectivity index (χ4v) is 3.47. The molecule has 1 aliphatic heterocycles.